The molecule has 0 radical (unpaired) electrons. The lowest BCUT2D eigenvalue weighted by Crippen LogP contribution is -2.19. The Bertz CT molecular complexity index is 781. The predicted octanol–water partition coefficient (Wildman–Crippen LogP) is 4.36. The van der Waals surface area contributed by atoms with Gasteiger partial charge in [0.1, 0.15) is 11.6 Å². The third kappa shape index (κ3) is 3.30. The molecule has 126 valence electrons. The second-order valence-corrected chi connectivity index (χ2v) is 5.67. The number of halogens is 2. The third-order valence-corrected chi connectivity index (χ3v) is 4.00. The van der Waals surface area contributed by atoms with Crippen LogP contribution in [0.4, 0.5) is 8.78 Å². The molecule has 0 fully saturated rings. The van der Waals surface area contributed by atoms with Crippen molar-refractivity contribution in [3.8, 4) is 0 Å². The molecule has 0 aliphatic carbocycles. The Morgan fingerprint density at radius 2 is 1.79 bits per heavy atom. The van der Waals surface area contributed by atoms with E-state index in [1.807, 2.05) is 25.3 Å². The molecule has 1 amide bonds. The van der Waals surface area contributed by atoms with Crippen molar-refractivity contribution in [3.63, 3.8) is 0 Å². The molecule has 1 N–H and O–H groups in total. The van der Waals surface area contributed by atoms with E-state index >= 15 is 0 Å². The summed E-state index contributed by atoms with van der Waals surface area (Å²) < 4.78 is 28.8. The molecule has 2 rings (SSSR count). The van der Waals surface area contributed by atoms with Crippen molar-refractivity contribution >= 4 is 11.5 Å². The number of amides is 1. The average molecular weight is 330 g/mol. The number of nitrogens with one attached hydrogen (secondary N) is 1. The van der Waals surface area contributed by atoms with Crippen LogP contribution in [0.2, 0.25) is 0 Å². The van der Waals surface area contributed by atoms with Crippen LogP contribution >= 0.6 is 0 Å². The summed E-state index contributed by atoms with van der Waals surface area (Å²) in [4.78, 5) is 13.3. The van der Waals surface area contributed by atoms with E-state index < -0.39 is 17.5 Å². The van der Waals surface area contributed by atoms with E-state index in [0.29, 0.717) is 11.3 Å². The normalized spacial score (nSPS) is 15.2. The lowest BCUT2D eigenvalue weighted by atomic mass is 10.0. The van der Waals surface area contributed by atoms with Crippen LogP contribution in [0, 0.1) is 11.6 Å². The van der Waals surface area contributed by atoms with Crippen LogP contribution < -0.4 is 5.32 Å². The molecule has 1 aromatic carbocycles. The molecule has 1 aliphatic heterocycles. The first kappa shape index (κ1) is 17.7. The summed E-state index contributed by atoms with van der Waals surface area (Å²) >= 11 is 0. The summed E-state index contributed by atoms with van der Waals surface area (Å²) in [6, 6.07) is 2.08. The van der Waals surface area contributed by atoms with Crippen molar-refractivity contribution in [2.24, 2.45) is 0 Å². The van der Waals surface area contributed by atoms with Gasteiger partial charge in [0.2, 0.25) is 0 Å². The fourth-order valence-corrected chi connectivity index (χ4v) is 2.56. The monoisotopic (exact) mass is 330 g/mol. The van der Waals surface area contributed by atoms with Crippen LogP contribution in [0.5, 0.6) is 0 Å². The summed E-state index contributed by atoms with van der Waals surface area (Å²) in [5, 5.41) is 2.35. The molecule has 3 nitrogen and oxygen atoms in total. The van der Waals surface area contributed by atoms with E-state index in [0.717, 1.165) is 23.4 Å². The van der Waals surface area contributed by atoms with E-state index in [-0.39, 0.29) is 11.1 Å². The number of nitrogens with zero attached hydrogens (tertiary/aromatic N) is 1. The minimum absolute atomic E-state index is 0.0532. The fraction of sp³-hybridized carbons (Fsp3) is 0.211. The smallest absolute Gasteiger partial charge is 0.251 e. The van der Waals surface area contributed by atoms with E-state index in [1.165, 1.54) is 7.05 Å². The van der Waals surface area contributed by atoms with Crippen LogP contribution in [0.25, 0.3) is 5.57 Å². The molecule has 5 heteroatoms. The second kappa shape index (κ2) is 6.83. The van der Waals surface area contributed by atoms with Crippen LogP contribution in [0.15, 0.2) is 54.0 Å². The van der Waals surface area contributed by atoms with E-state index in [1.54, 1.807) is 18.7 Å². The lowest BCUT2D eigenvalue weighted by molar-refractivity contribution is 0.0962. The Labute approximate surface area is 140 Å². The summed E-state index contributed by atoms with van der Waals surface area (Å²) in [5.41, 5.74) is 2.66. The molecular weight excluding hydrogens is 310 g/mol. The zero-order valence-corrected chi connectivity index (χ0v) is 14.2. The molecule has 0 spiro atoms. The minimum Gasteiger partial charge on any atom is -0.355 e. The average Bonchev–Trinajstić information content (AvgIpc) is 2.52. The summed E-state index contributed by atoms with van der Waals surface area (Å²) in [5.74, 6) is -2.08. The first-order valence-electron chi connectivity index (χ1n) is 7.50. The maximum Gasteiger partial charge on any atom is 0.251 e. The molecule has 0 saturated carbocycles. The van der Waals surface area contributed by atoms with Crippen molar-refractivity contribution in [2.45, 2.75) is 20.8 Å². The Hall–Kier alpha value is -2.69. The van der Waals surface area contributed by atoms with Crippen molar-refractivity contribution in [2.75, 3.05) is 7.05 Å². The van der Waals surface area contributed by atoms with E-state index in [4.69, 9.17) is 0 Å². The topological polar surface area (TPSA) is 32.3 Å². The van der Waals surface area contributed by atoms with Crippen molar-refractivity contribution in [1.29, 1.82) is 0 Å². The highest BCUT2D eigenvalue weighted by Gasteiger charge is 2.19. The van der Waals surface area contributed by atoms with Crippen LogP contribution in [-0.2, 0) is 0 Å². The number of carbonyl (C=O) groups is 1. The predicted molar refractivity (Wildman–Crippen MR) is 91.9 cm³/mol. The van der Waals surface area contributed by atoms with Gasteiger partial charge in [0.15, 0.2) is 0 Å². The van der Waals surface area contributed by atoms with Gasteiger partial charge in [0.05, 0.1) is 5.56 Å². The lowest BCUT2D eigenvalue weighted by Gasteiger charge is -2.27. The summed E-state index contributed by atoms with van der Waals surface area (Å²) in [6.45, 7) is 9.32. The van der Waals surface area contributed by atoms with Gasteiger partial charge < -0.3 is 10.2 Å². The van der Waals surface area contributed by atoms with Gasteiger partial charge in [-0.2, -0.15) is 0 Å². The molecule has 1 aromatic rings. The first-order chi connectivity index (χ1) is 11.3. The first-order valence-corrected chi connectivity index (χ1v) is 7.50. The minimum atomic E-state index is -0.774. The highest BCUT2D eigenvalue weighted by Crippen LogP contribution is 2.30. The molecule has 0 bridgehead atoms. The SMILES string of the molecule is C=C1C=C(C)C=CN1/C(C)=C(\C)c1c(F)cc(C(=O)NC)cc1F. The summed E-state index contributed by atoms with van der Waals surface area (Å²) in [7, 11) is 1.41. The third-order valence-electron chi connectivity index (χ3n) is 4.00. The number of rotatable bonds is 3. The van der Waals surface area contributed by atoms with Crippen LogP contribution in [0.3, 0.4) is 0 Å². The quantitative estimate of drug-likeness (QED) is 0.893. The van der Waals surface area contributed by atoms with Gasteiger partial charge in [-0.15, -0.1) is 0 Å². The largest absolute Gasteiger partial charge is 0.355 e. The standard InChI is InChI=1S/C19H20F2N2O/c1-11-6-7-23(12(2)8-11)14(4)13(3)18-16(20)9-15(10-17(18)21)19(24)22-5/h6-10H,2H2,1,3-5H3,(H,22,24)/b14-13+. The van der Waals surface area contributed by atoms with Crippen LogP contribution in [0.1, 0.15) is 36.7 Å². The molecule has 0 unspecified atom stereocenters. The fourth-order valence-electron chi connectivity index (χ4n) is 2.56. The zero-order chi connectivity index (χ0) is 18.0. The number of hydrogen-bond donors (Lipinski definition) is 1. The number of benzene rings is 1. The molecule has 0 aromatic heterocycles. The maximum absolute atomic E-state index is 14.4. The van der Waals surface area contributed by atoms with E-state index in [2.05, 4.69) is 11.9 Å². The highest BCUT2D eigenvalue weighted by molar-refractivity contribution is 5.94. The molecule has 1 aliphatic rings. The van der Waals surface area contributed by atoms with Gasteiger partial charge in [-0.3, -0.25) is 4.79 Å². The van der Waals surface area contributed by atoms with Crippen LogP contribution in [-0.4, -0.2) is 17.9 Å². The van der Waals surface area contributed by atoms with Gasteiger partial charge in [0.25, 0.3) is 5.91 Å². The van der Waals surface area contributed by atoms with E-state index in [9.17, 15) is 13.6 Å². The van der Waals surface area contributed by atoms with Gasteiger partial charge in [-0.1, -0.05) is 6.58 Å². The van der Waals surface area contributed by atoms with Gasteiger partial charge in [-0.05, 0) is 56.2 Å². The number of hydrogen-bond acceptors (Lipinski definition) is 2. The number of allylic oxidation sites excluding steroid dienone is 5. The second-order valence-electron chi connectivity index (χ2n) is 5.67. The summed E-state index contributed by atoms with van der Waals surface area (Å²) in [6.07, 6.45) is 5.59. The van der Waals surface area contributed by atoms with Crippen molar-refractivity contribution in [1.82, 2.24) is 10.2 Å². The molecule has 1 heterocycles. The highest BCUT2D eigenvalue weighted by atomic mass is 19.1. The zero-order valence-electron chi connectivity index (χ0n) is 14.2. The Morgan fingerprint density at radius 3 is 2.29 bits per heavy atom. The van der Waals surface area contributed by atoms with Gasteiger partial charge in [0, 0.05) is 30.2 Å². The Balaban J connectivity index is 2.49. The molecule has 0 saturated heterocycles. The molecule has 24 heavy (non-hydrogen) atoms. The Morgan fingerprint density at radius 1 is 1.21 bits per heavy atom. The van der Waals surface area contributed by atoms with Crippen molar-refractivity contribution in [3.05, 3.63) is 76.8 Å². The Kier molecular flexibility index (Phi) is 5.02. The van der Waals surface area contributed by atoms with Gasteiger partial charge >= 0.3 is 0 Å². The van der Waals surface area contributed by atoms with Crippen molar-refractivity contribution < 1.29 is 13.6 Å². The molecular formula is C19H20F2N2O. The number of carbonyl (C=O) groups excluding carboxylic acids is 1. The maximum atomic E-state index is 14.4. The van der Waals surface area contributed by atoms with Gasteiger partial charge in [-0.25, -0.2) is 8.78 Å². The molecule has 0 atom stereocenters.